The fourth-order valence-corrected chi connectivity index (χ4v) is 7.96. The van der Waals surface area contributed by atoms with Crippen LogP contribution >= 0.6 is 0 Å². The van der Waals surface area contributed by atoms with Crippen molar-refractivity contribution in [1.82, 2.24) is 0 Å². The molecule has 0 aliphatic rings. The molecule has 0 saturated carbocycles. The summed E-state index contributed by atoms with van der Waals surface area (Å²) in [5.74, 6) is -0.949. The molecular weight excluding hydrogens is 781 g/mol. The standard InChI is InChI=1S/C57H104O6/c1-4-7-10-13-16-19-22-25-27-28-30-32-35-38-41-44-47-50-56(59)62-53-54(52-61-55(58)49-46-43-40-37-34-31-24-21-18-15-12-9-6-3)63-57(60)51-48-45-42-39-36-33-29-26-23-20-17-14-11-8-5-2/h20,23,31,34,40,43,54H,4-19,21-22,24-30,32-33,35-39,41-42,44-53H2,1-3H3/b23-20+,34-31+,43-40+. The lowest BCUT2D eigenvalue weighted by Crippen LogP contribution is -2.30. The van der Waals surface area contributed by atoms with Gasteiger partial charge in [0.2, 0.25) is 0 Å². The molecule has 0 heterocycles. The number of hydrogen-bond acceptors (Lipinski definition) is 6. The molecule has 0 aliphatic heterocycles. The van der Waals surface area contributed by atoms with E-state index in [1.165, 1.54) is 193 Å². The SMILES string of the molecule is CCCCCC/C=C/CCCCCCCCCC(=O)OC(COC(=O)CC/C=C/C/C=C/CCCCCCCC)COC(=O)CCCCCCCCCCCCCCCCCCC. The Labute approximate surface area is 391 Å². The highest BCUT2D eigenvalue weighted by atomic mass is 16.6. The maximum Gasteiger partial charge on any atom is 0.306 e. The Kier molecular flexibility index (Phi) is 50.3. The minimum absolute atomic E-state index is 0.0875. The van der Waals surface area contributed by atoms with Crippen molar-refractivity contribution >= 4 is 17.9 Å². The molecule has 0 saturated heterocycles. The van der Waals surface area contributed by atoms with E-state index in [0.29, 0.717) is 19.3 Å². The molecule has 0 aromatic heterocycles. The molecule has 1 unspecified atom stereocenters. The summed E-state index contributed by atoms with van der Waals surface area (Å²) in [6.45, 7) is 6.59. The minimum atomic E-state index is -0.793. The number of rotatable bonds is 50. The van der Waals surface area contributed by atoms with Gasteiger partial charge in [0.15, 0.2) is 6.10 Å². The number of carbonyl (C=O) groups is 3. The van der Waals surface area contributed by atoms with E-state index in [4.69, 9.17) is 14.2 Å². The van der Waals surface area contributed by atoms with E-state index < -0.39 is 6.10 Å². The second kappa shape index (κ2) is 52.3. The van der Waals surface area contributed by atoms with Crippen molar-refractivity contribution in [3.05, 3.63) is 36.5 Å². The topological polar surface area (TPSA) is 78.9 Å². The summed E-state index contributed by atoms with van der Waals surface area (Å²) in [4.78, 5) is 38.0. The van der Waals surface area contributed by atoms with Crippen LogP contribution in [0.2, 0.25) is 0 Å². The van der Waals surface area contributed by atoms with Crippen LogP contribution in [0.5, 0.6) is 0 Å². The summed E-state index contributed by atoms with van der Waals surface area (Å²) in [6.07, 6.45) is 61.4. The van der Waals surface area contributed by atoms with Gasteiger partial charge in [-0.15, -0.1) is 0 Å². The van der Waals surface area contributed by atoms with Gasteiger partial charge >= 0.3 is 17.9 Å². The highest BCUT2D eigenvalue weighted by Crippen LogP contribution is 2.16. The van der Waals surface area contributed by atoms with Gasteiger partial charge in [-0.05, 0) is 64.2 Å². The predicted octanol–water partition coefficient (Wildman–Crippen LogP) is 18.1. The third-order valence-corrected chi connectivity index (χ3v) is 12.1. The number of hydrogen-bond donors (Lipinski definition) is 0. The number of allylic oxidation sites excluding steroid dienone is 6. The van der Waals surface area contributed by atoms with Crippen LogP contribution in [0.4, 0.5) is 0 Å². The van der Waals surface area contributed by atoms with Crippen LogP contribution in [0.25, 0.3) is 0 Å². The molecule has 63 heavy (non-hydrogen) atoms. The lowest BCUT2D eigenvalue weighted by atomic mass is 10.0. The van der Waals surface area contributed by atoms with Crippen molar-refractivity contribution < 1.29 is 28.6 Å². The first-order chi connectivity index (χ1) is 31.0. The molecule has 0 N–H and O–H groups in total. The summed E-state index contributed by atoms with van der Waals surface area (Å²) in [5, 5.41) is 0. The van der Waals surface area contributed by atoms with Crippen molar-refractivity contribution in [1.29, 1.82) is 0 Å². The predicted molar refractivity (Wildman–Crippen MR) is 270 cm³/mol. The van der Waals surface area contributed by atoms with Gasteiger partial charge < -0.3 is 14.2 Å². The first kappa shape index (κ1) is 60.6. The highest BCUT2D eigenvalue weighted by Gasteiger charge is 2.19. The zero-order valence-corrected chi connectivity index (χ0v) is 42.1. The van der Waals surface area contributed by atoms with Crippen molar-refractivity contribution in [2.24, 2.45) is 0 Å². The van der Waals surface area contributed by atoms with Crippen LogP contribution in [-0.2, 0) is 28.6 Å². The van der Waals surface area contributed by atoms with Crippen LogP contribution in [0.1, 0.15) is 290 Å². The van der Waals surface area contributed by atoms with Gasteiger partial charge in [-0.25, -0.2) is 0 Å². The molecule has 0 aromatic carbocycles. The van der Waals surface area contributed by atoms with E-state index in [1.807, 2.05) is 6.08 Å². The largest absolute Gasteiger partial charge is 0.462 e. The van der Waals surface area contributed by atoms with Crippen LogP contribution in [0.15, 0.2) is 36.5 Å². The van der Waals surface area contributed by atoms with Crippen LogP contribution < -0.4 is 0 Å². The van der Waals surface area contributed by atoms with Gasteiger partial charge in [-0.2, -0.15) is 0 Å². The third kappa shape index (κ3) is 50.5. The zero-order chi connectivity index (χ0) is 45.8. The Morgan fingerprint density at radius 3 is 1.00 bits per heavy atom. The number of esters is 3. The normalized spacial score (nSPS) is 12.2. The third-order valence-electron chi connectivity index (χ3n) is 12.1. The average molecular weight is 885 g/mol. The van der Waals surface area contributed by atoms with Gasteiger partial charge in [-0.3, -0.25) is 14.4 Å². The van der Waals surface area contributed by atoms with Gasteiger partial charge in [0, 0.05) is 19.3 Å². The monoisotopic (exact) mass is 885 g/mol. The maximum absolute atomic E-state index is 12.8. The molecule has 0 fully saturated rings. The lowest BCUT2D eigenvalue weighted by Gasteiger charge is -2.18. The van der Waals surface area contributed by atoms with Crippen molar-refractivity contribution in [3.63, 3.8) is 0 Å². The smallest absolute Gasteiger partial charge is 0.306 e. The Morgan fingerprint density at radius 1 is 0.317 bits per heavy atom. The molecule has 1 atom stereocenters. The first-order valence-corrected chi connectivity index (χ1v) is 27.5. The van der Waals surface area contributed by atoms with Crippen LogP contribution in [-0.4, -0.2) is 37.2 Å². The fourth-order valence-electron chi connectivity index (χ4n) is 7.96. The molecule has 6 nitrogen and oxygen atoms in total. The van der Waals surface area contributed by atoms with E-state index in [1.54, 1.807) is 0 Å². The molecule has 0 aromatic rings. The quantitative estimate of drug-likeness (QED) is 0.0262. The molecule has 368 valence electrons. The van der Waals surface area contributed by atoms with E-state index in [0.717, 1.165) is 51.4 Å². The van der Waals surface area contributed by atoms with Gasteiger partial charge in [0.05, 0.1) is 0 Å². The maximum atomic E-state index is 12.8. The Hall–Kier alpha value is -2.37. The fraction of sp³-hybridized carbons (Fsp3) is 0.842. The number of ether oxygens (including phenoxy) is 3. The molecule has 0 spiro atoms. The van der Waals surface area contributed by atoms with Gasteiger partial charge in [0.25, 0.3) is 0 Å². The number of carbonyl (C=O) groups excluding carboxylic acids is 3. The van der Waals surface area contributed by atoms with Crippen LogP contribution in [0.3, 0.4) is 0 Å². The molecule has 0 bridgehead atoms. The van der Waals surface area contributed by atoms with E-state index in [-0.39, 0.29) is 37.5 Å². The molecule has 0 radical (unpaired) electrons. The van der Waals surface area contributed by atoms with Crippen molar-refractivity contribution in [2.45, 2.75) is 297 Å². The summed E-state index contributed by atoms with van der Waals surface area (Å²) in [7, 11) is 0. The molecule has 0 amide bonds. The van der Waals surface area contributed by atoms with Crippen molar-refractivity contribution in [2.75, 3.05) is 13.2 Å². The Balaban J connectivity index is 4.38. The van der Waals surface area contributed by atoms with Crippen LogP contribution in [0, 0.1) is 0 Å². The molecule has 0 rings (SSSR count). The summed E-state index contributed by atoms with van der Waals surface area (Å²) >= 11 is 0. The highest BCUT2D eigenvalue weighted by molar-refractivity contribution is 5.71. The van der Waals surface area contributed by atoms with Crippen molar-refractivity contribution in [3.8, 4) is 0 Å². The molecule has 0 aliphatic carbocycles. The van der Waals surface area contributed by atoms with E-state index in [2.05, 4.69) is 51.2 Å². The second-order valence-corrected chi connectivity index (χ2v) is 18.5. The van der Waals surface area contributed by atoms with E-state index in [9.17, 15) is 14.4 Å². The Morgan fingerprint density at radius 2 is 0.603 bits per heavy atom. The zero-order valence-electron chi connectivity index (χ0n) is 42.1. The molecular formula is C57H104O6. The van der Waals surface area contributed by atoms with Gasteiger partial charge in [-0.1, -0.05) is 243 Å². The minimum Gasteiger partial charge on any atom is -0.462 e. The second-order valence-electron chi connectivity index (χ2n) is 18.5. The Bertz CT molecular complexity index is 1060. The number of unbranched alkanes of at least 4 members (excludes halogenated alkanes) is 33. The summed E-state index contributed by atoms with van der Waals surface area (Å²) < 4.78 is 16.8. The summed E-state index contributed by atoms with van der Waals surface area (Å²) in [5.41, 5.74) is 0. The van der Waals surface area contributed by atoms with Gasteiger partial charge in [0.1, 0.15) is 13.2 Å². The first-order valence-electron chi connectivity index (χ1n) is 27.5. The van der Waals surface area contributed by atoms with E-state index >= 15 is 0 Å². The summed E-state index contributed by atoms with van der Waals surface area (Å²) in [6, 6.07) is 0. The lowest BCUT2D eigenvalue weighted by molar-refractivity contribution is -0.166. The average Bonchev–Trinajstić information content (AvgIpc) is 3.28. The molecule has 6 heteroatoms.